The first-order valence-corrected chi connectivity index (χ1v) is 7.69. The van der Waals surface area contributed by atoms with E-state index in [1.54, 1.807) is 12.1 Å². The van der Waals surface area contributed by atoms with E-state index >= 15 is 0 Å². The molecule has 3 heteroatoms. The minimum Gasteiger partial charge on any atom is -0.373 e. The minimum absolute atomic E-state index is 0.0529. The van der Waals surface area contributed by atoms with E-state index in [1.807, 2.05) is 6.92 Å². The van der Waals surface area contributed by atoms with Gasteiger partial charge in [-0.15, -0.1) is 0 Å². The number of aryl methyl sites for hydroxylation is 1. The lowest BCUT2D eigenvalue weighted by atomic mass is 9.83. The molecule has 2 rings (SSSR count). The number of hydrogen-bond donors (Lipinski definition) is 1. The van der Waals surface area contributed by atoms with Crippen LogP contribution in [0.4, 0.5) is 4.39 Å². The number of rotatable bonds is 5. The van der Waals surface area contributed by atoms with Gasteiger partial charge in [0.25, 0.3) is 0 Å². The Balaban J connectivity index is 2.30. The molecule has 0 radical (unpaired) electrons. The van der Waals surface area contributed by atoms with Gasteiger partial charge in [0.1, 0.15) is 5.82 Å². The predicted molar refractivity (Wildman–Crippen MR) is 80.4 cm³/mol. The Hall–Kier alpha value is -0.930. The minimum atomic E-state index is -0.242. The Morgan fingerprint density at radius 1 is 1.35 bits per heavy atom. The summed E-state index contributed by atoms with van der Waals surface area (Å²) in [6, 6.07) is 5.34. The lowest BCUT2D eigenvalue weighted by molar-refractivity contribution is -0.0898. The normalized spacial score (nSPS) is 24.6. The molecule has 0 aliphatic carbocycles. The first kappa shape index (κ1) is 15.5. The van der Waals surface area contributed by atoms with Crippen LogP contribution in [0.1, 0.15) is 56.7 Å². The third-order valence-corrected chi connectivity index (χ3v) is 4.11. The van der Waals surface area contributed by atoms with E-state index in [9.17, 15) is 4.39 Å². The first-order valence-electron chi connectivity index (χ1n) is 7.69. The molecule has 20 heavy (non-hydrogen) atoms. The van der Waals surface area contributed by atoms with Gasteiger partial charge < -0.3 is 10.1 Å². The van der Waals surface area contributed by atoms with E-state index < -0.39 is 0 Å². The zero-order valence-electron chi connectivity index (χ0n) is 12.8. The summed E-state index contributed by atoms with van der Waals surface area (Å²) in [5.41, 5.74) is 1.72. The summed E-state index contributed by atoms with van der Waals surface area (Å²) in [4.78, 5) is 0. The average molecular weight is 279 g/mol. The van der Waals surface area contributed by atoms with Crippen LogP contribution in [-0.4, -0.2) is 18.8 Å². The molecule has 1 aromatic carbocycles. The highest BCUT2D eigenvalue weighted by molar-refractivity contribution is 5.28. The van der Waals surface area contributed by atoms with Gasteiger partial charge in [-0.3, -0.25) is 0 Å². The van der Waals surface area contributed by atoms with Gasteiger partial charge >= 0.3 is 0 Å². The first-order chi connectivity index (χ1) is 9.55. The molecule has 0 spiro atoms. The maximum atomic E-state index is 13.7. The third kappa shape index (κ3) is 3.58. The summed E-state index contributed by atoms with van der Waals surface area (Å²) in [7, 11) is 0. The summed E-state index contributed by atoms with van der Waals surface area (Å²) in [5.74, 6) is -0.164. The Morgan fingerprint density at radius 3 is 2.75 bits per heavy atom. The molecule has 112 valence electrons. The average Bonchev–Trinajstić information content (AvgIpc) is 2.38. The molecule has 2 unspecified atom stereocenters. The maximum Gasteiger partial charge on any atom is 0.123 e. The van der Waals surface area contributed by atoms with Crippen molar-refractivity contribution in [3.63, 3.8) is 0 Å². The van der Waals surface area contributed by atoms with Crippen LogP contribution >= 0.6 is 0 Å². The van der Waals surface area contributed by atoms with Crippen molar-refractivity contribution in [1.82, 2.24) is 5.32 Å². The van der Waals surface area contributed by atoms with Crippen LogP contribution in [-0.2, 0) is 4.74 Å². The molecule has 1 fully saturated rings. The van der Waals surface area contributed by atoms with E-state index in [1.165, 1.54) is 6.42 Å². The smallest absolute Gasteiger partial charge is 0.123 e. The van der Waals surface area contributed by atoms with Gasteiger partial charge in [-0.1, -0.05) is 13.0 Å². The van der Waals surface area contributed by atoms with Crippen LogP contribution in [0, 0.1) is 12.7 Å². The lowest BCUT2D eigenvalue weighted by Crippen LogP contribution is -2.46. The van der Waals surface area contributed by atoms with Crippen molar-refractivity contribution in [1.29, 1.82) is 0 Å². The highest BCUT2D eigenvalue weighted by Crippen LogP contribution is 2.37. The second-order valence-electron chi connectivity index (χ2n) is 6.07. The van der Waals surface area contributed by atoms with Crippen molar-refractivity contribution < 1.29 is 9.13 Å². The van der Waals surface area contributed by atoms with Crippen molar-refractivity contribution in [2.75, 3.05) is 13.2 Å². The highest BCUT2D eigenvalue weighted by atomic mass is 19.1. The fourth-order valence-corrected chi connectivity index (χ4v) is 3.09. The van der Waals surface area contributed by atoms with Gasteiger partial charge in [0.15, 0.2) is 0 Å². The van der Waals surface area contributed by atoms with Crippen molar-refractivity contribution in [3.8, 4) is 0 Å². The molecular weight excluding hydrogens is 253 g/mol. The molecule has 1 aliphatic rings. The summed E-state index contributed by atoms with van der Waals surface area (Å²) in [6.45, 7) is 7.95. The molecule has 0 aromatic heterocycles. The molecule has 1 saturated heterocycles. The summed E-state index contributed by atoms with van der Waals surface area (Å²) in [5, 5.41) is 3.56. The third-order valence-electron chi connectivity index (χ3n) is 4.11. The van der Waals surface area contributed by atoms with Crippen LogP contribution in [0.3, 0.4) is 0 Å². The Kier molecular flexibility index (Phi) is 5.17. The predicted octanol–water partition coefficient (Wildman–Crippen LogP) is 4.13. The van der Waals surface area contributed by atoms with E-state index in [2.05, 4.69) is 25.2 Å². The molecule has 1 aromatic rings. The Labute approximate surface area is 121 Å². The molecule has 0 amide bonds. The van der Waals surface area contributed by atoms with Crippen LogP contribution in [0.2, 0.25) is 0 Å². The van der Waals surface area contributed by atoms with E-state index in [0.717, 1.165) is 43.5 Å². The van der Waals surface area contributed by atoms with Gasteiger partial charge in [0.05, 0.1) is 11.6 Å². The molecule has 2 nitrogen and oxygen atoms in total. The lowest BCUT2D eigenvalue weighted by Gasteiger charge is -2.41. The zero-order valence-corrected chi connectivity index (χ0v) is 12.8. The maximum absolute atomic E-state index is 13.7. The van der Waals surface area contributed by atoms with Crippen molar-refractivity contribution >= 4 is 0 Å². The summed E-state index contributed by atoms with van der Waals surface area (Å²) < 4.78 is 19.8. The number of hydrogen-bond acceptors (Lipinski definition) is 2. The van der Waals surface area contributed by atoms with Gasteiger partial charge in [-0.2, -0.15) is 0 Å². The monoisotopic (exact) mass is 279 g/mol. The quantitative estimate of drug-likeness (QED) is 0.875. The van der Waals surface area contributed by atoms with Crippen molar-refractivity contribution in [3.05, 3.63) is 35.1 Å². The standard InChI is InChI=1S/C17H26FNO/c1-4-8-19-16(17(3)7-5-6-9-20-17)14-10-13(2)11-15(18)12-14/h10-12,16,19H,4-9H2,1-3H3. The SMILES string of the molecule is CCCNC(c1cc(C)cc(F)c1)C1(C)CCCCO1. The molecule has 0 bridgehead atoms. The molecule has 1 aliphatic heterocycles. The Morgan fingerprint density at radius 2 is 2.15 bits per heavy atom. The van der Waals surface area contributed by atoms with Gasteiger partial charge in [0.2, 0.25) is 0 Å². The topological polar surface area (TPSA) is 21.3 Å². The van der Waals surface area contributed by atoms with E-state index in [-0.39, 0.29) is 17.5 Å². The van der Waals surface area contributed by atoms with Gasteiger partial charge in [0, 0.05) is 6.61 Å². The number of benzene rings is 1. The number of halogens is 1. The molecular formula is C17H26FNO. The molecule has 0 saturated carbocycles. The van der Waals surface area contributed by atoms with Gasteiger partial charge in [-0.05, 0) is 69.3 Å². The fraction of sp³-hybridized carbons (Fsp3) is 0.647. The van der Waals surface area contributed by atoms with E-state index in [0.29, 0.717) is 0 Å². The van der Waals surface area contributed by atoms with Crippen LogP contribution in [0.5, 0.6) is 0 Å². The zero-order chi connectivity index (χ0) is 14.6. The Bertz CT molecular complexity index is 420. The van der Waals surface area contributed by atoms with Crippen molar-refractivity contribution in [2.24, 2.45) is 0 Å². The summed E-state index contributed by atoms with van der Waals surface area (Å²) in [6.07, 6.45) is 4.37. The van der Waals surface area contributed by atoms with Gasteiger partial charge in [-0.25, -0.2) is 4.39 Å². The fourth-order valence-electron chi connectivity index (χ4n) is 3.09. The van der Waals surface area contributed by atoms with Crippen molar-refractivity contribution in [2.45, 2.75) is 58.1 Å². The summed E-state index contributed by atoms with van der Waals surface area (Å²) >= 11 is 0. The number of ether oxygens (including phenoxy) is 1. The second-order valence-corrected chi connectivity index (χ2v) is 6.07. The van der Waals surface area contributed by atoms with E-state index in [4.69, 9.17) is 4.74 Å². The molecule has 1 N–H and O–H groups in total. The molecule has 1 heterocycles. The highest BCUT2D eigenvalue weighted by Gasteiger charge is 2.37. The number of nitrogens with one attached hydrogen (secondary N) is 1. The van der Waals surface area contributed by atoms with Crippen LogP contribution in [0.25, 0.3) is 0 Å². The molecule has 2 atom stereocenters. The second kappa shape index (κ2) is 6.68. The largest absolute Gasteiger partial charge is 0.373 e. The van der Waals surface area contributed by atoms with Crippen LogP contribution < -0.4 is 5.32 Å². The van der Waals surface area contributed by atoms with Crippen LogP contribution in [0.15, 0.2) is 18.2 Å².